The van der Waals surface area contributed by atoms with E-state index in [9.17, 15) is 22.8 Å². The van der Waals surface area contributed by atoms with E-state index in [2.05, 4.69) is 25.5 Å². The highest BCUT2D eigenvalue weighted by Crippen LogP contribution is 2.36. The molecule has 1 unspecified atom stereocenters. The Kier molecular flexibility index (Phi) is 8.00. The molecule has 5 N–H and O–H groups in total. The summed E-state index contributed by atoms with van der Waals surface area (Å²) in [6.07, 6.45) is -5.28. The molecule has 1 aliphatic rings. The molecule has 0 saturated heterocycles. The number of aromatic amines is 1. The normalized spacial score (nSPS) is 15.9. The second kappa shape index (κ2) is 11.0. The van der Waals surface area contributed by atoms with Crippen LogP contribution in [0.2, 0.25) is 10.0 Å². The number of carboxylic acid groups (broad SMARTS) is 1. The van der Waals surface area contributed by atoms with Crippen molar-refractivity contribution in [3.05, 3.63) is 57.3 Å². The monoisotopic (exact) mass is 558 g/mol. The number of carbonyl (C=O) groups is 2. The number of fused-ring (bicyclic) bond motifs is 3. The molecule has 4 rings (SSSR count). The van der Waals surface area contributed by atoms with Gasteiger partial charge in [-0.25, -0.2) is 9.78 Å². The van der Waals surface area contributed by atoms with Crippen LogP contribution in [-0.4, -0.2) is 64.7 Å². The summed E-state index contributed by atoms with van der Waals surface area (Å²) in [6.45, 7) is 1.12. The Balaban J connectivity index is 1.50. The van der Waals surface area contributed by atoms with Crippen molar-refractivity contribution in [1.82, 2.24) is 25.5 Å². The van der Waals surface area contributed by atoms with Gasteiger partial charge in [-0.1, -0.05) is 23.2 Å². The molecule has 0 radical (unpaired) electrons. The first kappa shape index (κ1) is 26.8. The van der Waals surface area contributed by atoms with Crippen LogP contribution in [0.5, 0.6) is 0 Å². The van der Waals surface area contributed by atoms with E-state index >= 15 is 0 Å². The number of anilines is 1. The third-order valence-electron chi connectivity index (χ3n) is 6.04. The van der Waals surface area contributed by atoms with E-state index in [4.69, 9.17) is 28.3 Å². The van der Waals surface area contributed by atoms with Crippen LogP contribution in [0.15, 0.2) is 30.3 Å². The van der Waals surface area contributed by atoms with Crippen molar-refractivity contribution in [1.29, 1.82) is 0 Å². The van der Waals surface area contributed by atoms with Gasteiger partial charge in [0.25, 0.3) is 0 Å². The average Bonchev–Trinajstić information content (AvgIpc) is 3.20. The minimum absolute atomic E-state index is 0.0410. The number of halogens is 5. The third-order valence-corrected chi connectivity index (χ3v) is 6.58. The highest BCUT2D eigenvalue weighted by atomic mass is 35.5. The maximum Gasteiger partial charge on any atom is 0.434 e. The molecule has 2 amide bonds. The number of nitrogens with zero attached hydrogens (tertiary/aromatic N) is 2. The maximum atomic E-state index is 13.1. The number of aromatic nitrogens is 2. The first-order valence-electron chi connectivity index (χ1n) is 11.3. The van der Waals surface area contributed by atoms with E-state index in [0.29, 0.717) is 24.5 Å². The molecule has 3 aromatic rings. The molecule has 9 nitrogen and oxygen atoms in total. The molecule has 37 heavy (non-hydrogen) atoms. The molecule has 0 fully saturated rings. The molecule has 2 aromatic heterocycles. The van der Waals surface area contributed by atoms with E-state index in [1.165, 1.54) is 6.07 Å². The van der Waals surface area contributed by atoms with Gasteiger partial charge < -0.3 is 26.0 Å². The molecule has 1 atom stereocenters. The number of pyridine rings is 1. The lowest BCUT2D eigenvalue weighted by Crippen LogP contribution is -2.45. The molecule has 0 aliphatic carbocycles. The van der Waals surface area contributed by atoms with Crippen LogP contribution in [0.3, 0.4) is 0 Å². The number of rotatable bonds is 8. The van der Waals surface area contributed by atoms with Gasteiger partial charge in [-0.15, -0.1) is 0 Å². The lowest BCUT2D eigenvalue weighted by atomic mass is 9.97. The number of nitrogens with one attached hydrogen (secondary N) is 4. The molecule has 198 valence electrons. The van der Waals surface area contributed by atoms with Gasteiger partial charge in [-0.3, -0.25) is 9.69 Å². The van der Waals surface area contributed by atoms with Gasteiger partial charge in [0.05, 0.1) is 17.6 Å². The van der Waals surface area contributed by atoms with Crippen molar-refractivity contribution >= 4 is 51.9 Å². The van der Waals surface area contributed by atoms with Crippen LogP contribution in [0, 0.1) is 0 Å². The van der Waals surface area contributed by atoms with E-state index < -0.39 is 28.9 Å². The fourth-order valence-electron chi connectivity index (χ4n) is 4.38. The molecule has 0 bridgehead atoms. The first-order valence-corrected chi connectivity index (χ1v) is 12.0. The van der Waals surface area contributed by atoms with E-state index in [-0.39, 0.29) is 31.5 Å². The third kappa shape index (κ3) is 6.38. The van der Waals surface area contributed by atoms with E-state index in [0.717, 1.165) is 28.2 Å². The molecule has 0 spiro atoms. The number of amides is 2. The average molecular weight is 559 g/mol. The highest BCUT2D eigenvalue weighted by Gasteiger charge is 2.35. The topological polar surface area (TPSA) is 122 Å². The first-order chi connectivity index (χ1) is 17.5. The van der Waals surface area contributed by atoms with Gasteiger partial charge in [0.15, 0.2) is 5.69 Å². The molecular formula is C23H23Cl2F3N6O3. The Labute approximate surface area is 219 Å². The molecule has 1 aromatic carbocycles. The summed E-state index contributed by atoms with van der Waals surface area (Å²) >= 11 is 11.8. The highest BCUT2D eigenvalue weighted by molar-refractivity contribution is 6.31. The zero-order valence-corrected chi connectivity index (χ0v) is 20.8. The fourth-order valence-corrected chi connectivity index (χ4v) is 4.77. The summed E-state index contributed by atoms with van der Waals surface area (Å²) in [6, 6.07) is 7.75. The van der Waals surface area contributed by atoms with Gasteiger partial charge in [-0.2, -0.15) is 13.2 Å². The molecule has 0 saturated carbocycles. The van der Waals surface area contributed by atoms with Crippen LogP contribution in [0.4, 0.5) is 23.8 Å². The minimum atomic E-state index is -4.67. The molecule has 1 aliphatic heterocycles. The second-order valence-electron chi connectivity index (χ2n) is 8.42. The Bertz CT molecular complexity index is 1320. The van der Waals surface area contributed by atoms with Gasteiger partial charge in [0, 0.05) is 47.8 Å². The van der Waals surface area contributed by atoms with Crippen molar-refractivity contribution in [2.45, 2.75) is 18.6 Å². The summed E-state index contributed by atoms with van der Waals surface area (Å²) in [5.41, 5.74) is 1.69. The number of carbonyl (C=O) groups excluding carboxylic acids is 1. The number of alkyl halides is 3. The largest absolute Gasteiger partial charge is 0.465 e. The van der Waals surface area contributed by atoms with E-state index in [1.807, 2.05) is 17.4 Å². The van der Waals surface area contributed by atoms with Crippen molar-refractivity contribution < 1.29 is 27.9 Å². The number of hydrogen-bond donors (Lipinski definition) is 5. The number of hydrogen-bond acceptors (Lipinski definition) is 5. The van der Waals surface area contributed by atoms with Crippen LogP contribution in [0.25, 0.3) is 10.9 Å². The lowest BCUT2D eigenvalue weighted by molar-refractivity contribution is -0.141. The summed E-state index contributed by atoms with van der Waals surface area (Å²) in [5, 5.41) is 17.5. The smallest absolute Gasteiger partial charge is 0.434 e. The van der Waals surface area contributed by atoms with Crippen LogP contribution < -0.4 is 16.0 Å². The quantitative estimate of drug-likeness (QED) is 0.281. The molecule has 14 heteroatoms. The van der Waals surface area contributed by atoms with Gasteiger partial charge in [0.1, 0.15) is 5.82 Å². The van der Waals surface area contributed by atoms with Crippen molar-refractivity contribution in [2.75, 3.05) is 38.0 Å². The minimum Gasteiger partial charge on any atom is -0.465 e. The van der Waals surface area contributed by atoms with Crippen molar-refractivity contribution in [2.24, 2.45) is 0 Å². The van der Waals surface area contributed by atoms with E-state index in [1.54, 1.807) is 6.07 Å². The summed E-state index contributed by atoms with van der Waals surface area (Å²) in [4.78, 5) is 31.9. The Morgan fingerprint density at radius 1 is 1.19 bits per heavy atom. The van der Waals surface area contributed by atoms with Crippen LogP contribution in [-0.2, 0) is 17.4 Å². The van der Waals surface area contributed by atoms with Crippen molar-refractivity contribution in [3.8, 4) is 0 Å². The maximum absolute atomic E-state index is 13.1. The summed E-state index contributed by atoms with van der Waals surface area (Å²) < 4.78 is 39.4. The second-order valence-corrected chi connectivity index (χ2v) is 9.27. The predicted octanol–water partition coefficient (Wildman–Crippen LogP) is 4.28. The zero-order chi connectivity index (χ0) is 26.7. The number of H-pyrrole nitrogens is 1. The zero-order valence-electron chi connectivity index (χ0n) is 19.3. The van der Waals surface area contributed by atoms with Crippen LogP contribution >= 0.6 is 23.2 Å². The molecular weight excluding hydrogens is 536 g/mol. The predicted molar refractivity (Wildman–Crippen MR) is 133 cm³/mol. The van der Waals surface area contributed by atoms with Gasteiger partial charge in [0.2, 0.25) is 5.91 Å². The van der Waals surface area contributed by atoms with Crippen molar-refractivity contribution in [3.63, 3.8) is 0 Å². The Hall–Kier alpha value is -3.22. The van der Waals surface area contributed by atoms with Gasteiger partial charge >= 0.3 is 12.3 Å². The summed E-state index contributed by atoms with van der Waals surface area (Å²) in [7, 11) is 0. The SMILES string of the molecule is O=C(O)NCC(=O)NCC1c2[nH]c3ccc(Cl)cc3c2CCN1CCNc1ccc(Cl)c(C(F)(F)F)n1. The Morgan fingerprint density at radius 2 is 1.97 bits per heavy atom. The standard InChI is InChI=1S/C23H23Cl2F3N6O3/c24-12-1-3-16-14(9-12)13-5-7-34(17(20(13)32-16)10-30-19(35)11-31-22(36)37)8-6-29-18-4-2-15(25)21(33-18)23(26,27)28/h1-4,9,17,31-32H,5-8,10-11H2,(H,29,33)(H,30,35)(H,36,37). The lowest BCUT2D eigenvalue weighted by Gasteiger charge is -2.36. The van der Waals surface area contributed by atoms with Crippen LogP contribution in [0.1, 0.15) is 23.0 Å². The molecule has 3 heterocycles. The fraction of sp³-hybridized carbons (Fsp3) is 0.348. The van der Waals surface area contributed by atoms with Gasteiger partial charge in [-0.05, 0) is 42.3 Å². The Morgan fingerprint density at radius 3 is 2.70 bits per heavy atom. The summed E-state index contributed by atoms with van der Waals surface area (Å²) in [5.74, 6) is -0.448. The number of benzene rings is 1.